The number of ether oxygens (including phenoxy) is 1. The Hall–Kier alpha value is -1.02. The van der Waals surface area contributed by atoms with Crippen LogP contribution in [0, 0.1) is 11.3 Å². The average Bonchev–Trinajstić information content (AvgIpc) is 2.69. The lowest BCUT2D eigenvalue weighted by Gasteiger charge is -2.32. The van der Waals surface area contributed by atoms with Gasteiger partial charge in [-0.2, -0.15) is 0 Å². The highest BCUT2D eigenvalue weighted by Gasteiger charge is 2.38. The van der Waals surface area contributed by atoms with Crippen molar-refractivity contribution in [1.82, 2.24) is 0 Å². The lowest BCUT2D eigenvalue weighted by molar-refractivity contribution is 0.219. The first-order valence-electron chi connectivity index (χ1n) is 6.92. The van der Waals surface area contributed by atoms with Crippen LogP contribution in [0.5, 0.6) is 5.75 Å². The Balaban J connectivity index is 2.09. The first-order chi connectivity index (χ1) is 8.54. The van der Waals surface area contributed by atoms with E-state index in [1.807, 2.05) is 12.1 Å². The van der Waals surface area contributed by atoms with Crippen LogP contribution in [0.3, 0.4) is 0 Å². The van der Waals surface area contributed by atoms with Gasteiger partial charge in [0.05, 0.1) is 7.11 Å². The average molecular weight is 247 g/mol. The second kappa shape index (κ2) is 5.31. The fourth-order valence-electron chi connectivity index (χ4n) is 3.42. The second-order valence-corrected chi connectivity index (χ2v) is 6.17. The fourth-order valence-corrected chi connectivity index (χ4v) is 3.42. The zero-order valence-electron chi connectivity index (χ0n) is 11.8. The van der Waals surface area contributed by atoms with Crippen molar-refractivity contribution in [2.24, 2.45) is 17.1 Å². The van der Waals surface area contributed by atoms with E-state index in [2.05, 4.69) is 26.0 Å². The van der Waals surface area contributed by atoms with Crippen LogP contribution >= 0.6 is 0 Å². The first-order valence-corrected chi connectivity index (χ1v) is 6.92. The Morgan fingerprint density at radius 2 is 2.11 bits per heavy atom. The van der Waals surface area contributed by atoms with E-state index in [0.29, 0.717) is 11.3 Å². The molecule has 0 aromatic heterocycles. The number of nitrogens with two attached hydrogens (primary N) is 1. The summed E-state index contributed by atoms with van der Waals surface area (Å²) in [6, 6.07) is 8.44. The number of benzene rings is 1. The van der Waals surface area contributed by atoms with Crippen LogP contribution in [0.2, 0.25) is 0 Å². The lowest BCUT2D eigenvalue weighted by Crippen LogP contribution is -2.38. The van der Waals surface area contributed by atoms with Crippen LogP contribution in [0.15, 0.2) is 24.3 Å². The summed E-state index contributed by atoms with van der Waals surface area (Å²) in [5.41, 5.74) is 8.08. The normalized spacial score (nSPS) is 23.9. The summed E-state index contributed by atoms with van der Waals surface area (Å²) in [6.07, 6.45) is 4.80. The molecule has 18 heavy (non-hydrogen) atoms. The molecule has 0 radical (unpaired) electrons. The van der Waals surface area contributed by atoms with Crippen LogP contribution in [0.4, 0.5) is 0 Å². The van der Waals surface area contributed by atoms with E-state index in [-0.39, 0.29) is 6.04 Å². The van der Waals surface area contributed by atoms with Crippen LogP contribution < -0.4 is 10.5 Å². The highest BCUT2D eigenvalue weighted by molar-refractivity contribution is 5.34. The molecular weight excluding hydrogens is 222 g/mol. The van der Waals surface area contributed by atoms with E-state index in [9.17, 15) is 0 Å². The maximum Gasteiger partial charge on any atom is 0.122 e. The Morgan fingerprint density at radius 3 is 2.72 bits per heavy atom. The van der Waals surface area contributed by atoms with Gasteiger partial charge >= 0.3 is 0 Å². The molecule has 0 saturated heterocycles. The van der Waals surface area contributed by atoms with Gasteiger partial charge in [-0.1, -0.05) is 38.5 Å². The molecule has 1 aliphatic carbocycles. The van der Waals surface area contributed by atoms with Crippen molar-refractivity contribution in [2.75, 3.05) is 7.11 Å². The van der Waals surface area contributed by atoms with E-state index in [0.717, 1.165) is 12.2 Å². The third kappa shape index (κ3) is 2.69. The predicted molar refractivity (Wildman–Crippen MR) is 75.8 cm³/mol. The van der Waals surface area contributed by atoms with Crippen molar-refractivity contribution in [3.8, 4) is 5.75 Å². The number of hydrogen-bond acceptors (Lipinski definition) is 2. The SMILES string of the molecule is COc1ccccc1CC(N)C1CCCC1(C)C. The first kappa shape index (κ1) is 13.4. The third-order valence-corrected chi connectivity index (χ3v) is 4.50. The summed E-state index contributed by atoms with van der Waals surface area (Å²) in [5, 5.41) is 0. The number of methoxy groups -OCH3 is 1. The van der Waals surface area contributed by atoms with Gasteiger partial charge in [0.25, 0.3) is 0 Å². The van der Waals surface area contributed by atoms with Gasteiger partial charge in [-0.3, -0.25) is 0 Å². The highest BCUT2D eigenvalue weighted by atomic mass is 16.5. The number of para-hydroxylation sites is 1. The highest BCUT2D eigenvalue weighted by Crippen LogP contribution is 2.44. The minimum absolute atomic E-state index is 0.235. The van der Waals surface area contributed by atoms with Crippen molar-refractivity contribution in [3.05, 3.63) is 29.8 Å². The molecule has 2 rings (SSSR count). The summed E-state index contributed by atoms with van der Waals surface area (Å²) in [4.78, 5) is 0. The molecule has 2 heteroatoms. The van der Waals surface area contributed by atoms with Gasteiger partial charge in [0.15, 0.2) is 0 Å². The smallest absolute Gasteiger partial charge is 0.122 e. The van der Waals surface area contributed by atoms with Crippen molar-refractivity contribution in [3.63, 3.8) is 0 Å². The van der Waals surface area contributed by atoms with Crippen LogP contribution in [-0.2, 0) is 6.42 Å². The number of hydrogen-bond donors (Lipinski definition) is 1. The van der Waals surface area contributed by atoms with Gasteiger partial charge in [-0.25, -0.2) is 0 Å². The Labute approximate surface area is 111 Å². The molecule has 1 aliphatic rings. The third-order valence-electron chi connectivity index (χ3n) is 4.50. The molecule has 1 fully saturated rings. The standard InChI is InChI=1S/C16H25NO/c1-16(2)10-6-8-13(16)14(17)11-12-7-4-5-9-15(12)18-3/h4-5,7,9,13-14H,6,8,10-11,17H2,1-3H3. The molecule has 2 atom stereocenters. The molecule has 0 bridgehead atoms. The topological polar surface area (TPSA) is 35.2 Å². The van der Waals surface area contributed by atoms with Crippen molar-refractivity contribution in [2.45, 2.75) is 45.6 Å². The Morgan fingerprint density at radius 1 is 1.39 bits per heavy atom. The maximum atomic E-state index is 6.45. The molecule has 2 N–H and O–H groups in total. The molecule has 100 valence electrons. The molecule has 1 aromatic rings. The monoisotopic (exact) mass is 247 g/mol. The fraction of sp³-hybridized carbons (Fsp3) is 0.625. The second-order valence-electron chi connectivity index (χ2n) is 6.17. The molecule has 1 saturated carbocycles. The van der Waals surface area contributed by atoms with E-state index >= 15 is 0 Å². The van der Waals surface area contributed by atoms with Crippen LogP contribution in [-0.4, -0.2) is 13.2 Å². The van der Waals surface area contributed by atoms with Crippen LogP contribution in [0.25, 0.3) is 0 Å². The minimum atomic E-state index is 0.235. The summed E-state index contributed by atoms with van der Waals surface area (Å²) < 4.78 is 5.41. The van der Waals surface area contributed by atoms with Gasteiger partial charge in [0.1, 0.15) is 5.75 Å². The zero-order valence-corrected chi connectivity index (χ0v) is 11.8. The van der Waals surface area contributed by atoms with Crippen molar-refractivity contribution < 1.29 is 4.74 Å². The van der Waals surface area contributed by atoms with E-state index in [1.54, 1.807) is 7.11 Å². The predicted octanol–water partition coefficient (Wildman–Crippen LogP) is 3.39. The minimum Gasteiger partial charge on any atom is -0.496 e. The van der Waals surface area contributed by atoms with E-state index < -0.39 is 0 Å². The molecule has 2 nitrogen and oxygen atoms in total. The molecular formula is C16H25NO. The molecule has 1 aromatic carbocycles. The quantitative estimate of drug-likeness (QED) is 0.885. The van der Waals surface area contributed by atoms with E-state index in [1.165, 1.54) is 24.8 Å². The molecule has 0 heterocycles. The summed E-state index contributed by atoms with van der Waals surface area (Å²) in [6.45, 7) is 4.71. The number of rotatable bonds is 4. The summed E-state index contributed by atoms with van der Waals surface area (Å²) in [7, 11) is 1.73. The van der Waals surface area contributed by atoms with E-state index in [4.69, 9.17) is 10.5 Å². The zero-order chi connectivity index (χ0) is 13.2. The maximum absolute atomic E-state index is 6.45. The van der Waals surface area contributed by atoms with Crippen molar-refractivity contribution in [1.29, 1.82) is 0 Å². The van der Waals surface area contributed by atoms with Gasteiger partial charge in [0.2, 0.25) is 0 Å². The molecule has 2 unspecified atom stereocenters. The molecule has 0 aliphatic heterocycles. The molecule has 0 amide bonds. The largest absolute Gasteiger partial charge is 0.496 e. The van der Waals surface area contributed by atoms with Crippen LogP contribution in [0.1, 0.15) is 38.7 Å². The van der Waals surface area contributed by atoms with Gasteiger partial charge in [-0.05, 0) is 42.2 Å². The summed E-state index contributed by atoms with van der Waals surface area (Å²) >= 11 is 0. The Kier molecular flexibility index (Phi) is 3.96. The van der Waals surface area contributed by atoms with Gasteiger partial charge in [-0.15, -0.1) is 0 Å². The summed E-state index contributed by atoms with van der Waals surface area (Å²) in [5.74, 6) is 1.59. The van der Waals surface area contributed by atoms with Gasteiger partial charge < -0.3 is 10.5 Å². The molecule has 0 spiro atoms. The lowest BCUT2D eigenvalue weighted by atomic mass is 9.76. The van der Waals surface area contributed by atoms with Gasteiger partial charge in [0, 0.05) is 6.04 Å². The van der Waals surface area contributed by atoms with Crippen molar-refractivity contribution >= 4 is 0 Å². The Bertz CT molecular complexity index is 400.